The standard InChI is InChI=1S/C12H14ClN3O2/c1-4-5-16-11(13)7-15(3)12(16)10(6-14)8-18-9(2)17/h4,7H,1,5,8H2,2-3H3/b12-10-. The van der Waals surface area contributed by atoms with Crippen LogP contribution in [0.25, 0.3) is 0 Å². The first-order valence-electron chi connectivity index (χ1n) is 5.26. The van der Waals surface area contributed by atoms with Gasteiger partial charge >= 0.3 is 5.97 Å². The Morgan fingerprint density at radius 2 is 2.39 bits per heavy atom. The lowest BCUT2D eigenvalue weighted by molar-refractivity contribution is -0.139. The fourth-order valence-corrected chi connectivity index (χ4v) is 1.88. The minimum absolute atomic E-state index is 0.0723. The van der Waals surface area contributed by atoms with Crippen molar-refractivity contribution in [1.82, 2.24) is 9.80 Å². The van der Waals surface area contributed by atoms with Crippen molar-refractivity contribution in [2.75, 3.05) is 20.2 Å². The zero-order valence-corrected chi connectivity index (χ0v) is 11.1. The molecule has 0 N–H and O–H groups in total. The largest absolute Gasteiger partial charge is 0.460 e. The summed E-state index contributed by atoms with van der Waals surface area (Å²) in [5.74, 6) is 0.168. The SMILES string of the molecule is C=CCN1C(Cl)=CN(C)/C1=C(\C#N)COC(C)=O. The summed E-state index contributed by atoms with van der Waals surface area (Å²) >= 11 is 6.06. The molecular formula is C12H14ClN3O2. The number of carbonyl (C=O) groups is 1. The van der Waals surface area contributed by atoms with Crippen LogP contribution in [0, 0.1) is 11.3 Å². The molecule has 0 saturated carbocycles. The monoisotopic (exact) mass is 267 g/mol. The molecule has 1 aliphatic rings. The molecule has 1 aliphatic heterocycles. The summed E-state index contributed by atoms with van der Waals surface area (Å²) < 4.78 is 4.85. The average Bonchev–Trinajstić information content (AvgIpc) is 2.57. The van der Waals surface area contributed by atoms with Crippen LogP contribution in [-0.2, 0) is 9.53 Å². The van der Waals surface area contributed by atoms with Crippen molar-refractivity contribution in [3.63, 3.8) is 0 Å². The molecule has 0 aromatic heterocycles. The van der Waals surface area contributed by atoms with Gasteiger partial charge in [0, 0.05) is 26.7 Å². The molecule has 0 spiro atoms. The minimum atomic E-state index is -0.432. The molecule has 0 fully saturated rings. The summed E-state index contributed by atoms with van der Waals surface area (Å²) in [6.07, 6.45) is 3.36. The molecule has 18 heavy (non-hydrogen) atoms. The van der Waals surface area contributed by atoms with Gasteiger partial charge in [-0.1, -0.05) is 17.7 Å². The van der Waals surface area contributed by atoms with Gasteiger partial charge in [0.25, 0.3) is 0 Å². The smallest absolute Gasteiger partial charge is 0.302 e. The summed E-state index contributed by atoms with van der Waals surface area (Å²) in [6, 6.07) is 2.03. The number of hydrogen-bond donors (Lipinski definition) is 0. The normalized spacial score (nSPS) is 17.1. The highest BCUT2D eigenvalue weighted by Gasteiger charge is 2.26. The van der Waals surface area contributed by atoms with E-state index in [0.29, 0.717) is 23.1 Å². The molecule has 0 amide bonds. The molecule has 5 nitrogen and oxygen atoms in total. The van der Waals surface area contributed by atoms with Gasteiger partial charge in [-0.2, -0.15) is 5.26 Å². The predicted molar refractivity (Wildman–Crippen MR) is 67.9 cm³/mol. The van der Waals surface area contributed by atoms with E-state index in [0.717, 1.165) is 0 Å². The topological polar surface area (TPSA) is 56.6 Å². The average molecular weight is 268 g/mol. The molecule has 96 valence electrons. The van der Waals surface area contributed by atoms with Crippen molar-refractivity contribution in [3.05, 3.63) is 35.4 Å². The Kier molecular flexibility index (Phi) is 4.81. The third-order valence-corrected chi connectivity index (χ3v) is 2.59. The highest BCUT2D eigenvalue weighted by molar-refractivity contribution is 6.29. The maximum Gasteiger partial charge on any atom is 0.302 e. The molecule has 1 rings (SSSR count). The second kappa shape index (κ2) is 6.12. The number of nitriles is 1. The lowest BCUT2D eigenvalue weighted by Crippen LogP contribution is -2.25. The van der Waals surface area contributed by atoms with E-state index in [1.165, 1.54) is 6.92 Å². The molecule has 0 saturated heterocycles. The zero-order chi connectivity index (χ0) is 13.7. The van der Waals surface area contributed by atoms with Gasteiger partial charge in [-0.05, 0) is 0 Å². The van der Waals surface area contributed by atoms with Crippen LogP contribution in [0.5, 0.6) is 0 Å². The molecule has 0 aromatic carbocycles. The Morgan fingerprint density at radius 3 is 2.89 bits per heavy atom. The molecular weight excluding hydrogens is 254 g/mol. The Morgan fingerprint density at radius 1 is 1.72 bits per heavy atom. The Balaban J connectivity index is 3.04. The number of ether oxygens (including phenoxy) is 1. The Bertz CT molecular complexity index is 462. The second-order valence-corrected chi connectivity index (χ2v) is 4.04. The van der Waals surface area contributed by atoms with Gasteiger partial charge in [-0.3, -0.25) is 4.79 Å². The minimum Gasteiger partial charge on any atom is -0.460 e. The van der Waals surface area contributed by atoms with E-state index in [1.807, 2.05) is 6.07 Å². The van der Waals surface area contributed by atoms with Gasteiger partial charge in [0.15, 0.2) is 0 Å². The van der Waals surface area contributed by atoms with Gasteiger partial charge in [0.2, 0.25) is 0 Å². The van der Waals surface area contributed by atoms with Crippen LogP contribution in [-0.4, -0.2) is 36.0 Å². The molecule has 0 unspecified atom stereocenters. The number of nitrogens with zero attached hydrogens (tertiary/aromatic N) is 3. The van der Waals surface area contributed by atoms with Gasteiger partial charge in [0.1, 0.15) is 29.2 Å². The van der Waals surface area contributed by atoms with Crippen molar-refractivity contribution < 1.29 is 9.53 Å². The Hall–Kier alpha value is -1.93. The summed E-state index contributed by atoms with van der Waals surface area (Å²) in [7, 11) is 1.77. The van der Waals surface area contributed by atoms with Crippen molar-refractivity contribution in [1.29, 1.82) is 5.26 Å². The van der Waals surface area contributed by atoms with E-state index in [9.17, 15) is 4.79 Å². The van der Waals surface area contributed by atoms with E-state index in [-0.39, 0.29) is 6.61 Å². The molecule has 0 aliphatic carbocycles. The van der Waals surface area contributed by atoms with Gasteiger partial charge in [-0.15, -0.1) is 6.58 Å². The molecule has 0 atom stereocenters. The maximum absolute atomic E-state index is 10.8. The van der Waals surface area contributed by atoms with Crippen LogP contribution in [0.1, 0.15) is 6.92 Å². The molecule has 0 radical (unpaired) electrons. The number of halogens is 1. The predicted octanol–water partition coefficient (Wildman–Crippen LogP) is 1.76. The number of hydrogen-bond acceptors (Lipinski definition) is 5. The quantitative estimate of drug-likeness (QED) is 0.336. The van der Waals surface area contributed by atoms with E-state index >= 15 is 0 Å². The summed E-state index contributed by atoms with van der Waals surface area (Å²) in [4.78, 5) is 14.2. The summed E-state index contributed by atoms with van der Waals surface area (Å²) in [5, 5.41) is 9.63. The van der Waals surface area contributed by atoms with Crippen LogP contribution >= 0.6 is 11.6 Å². The van der Waals surface area contributed by atoms with Crippen LogP contribution < -0.4 is 0 Å². The van der Waals surface area contributed by atoms with Gasteiger partial charge in [-0.25, -0.2) is 0 Å². The fraction of sp³-hybridized carbons (Fsp3) is 0.333. The third-order valence-electron chi connectivity index (χ3n) is 2.28. The van der Waals surface area contributed by atoms with E-state index < -0.39 is 5.97 Å². The summed E-state index contributed by atoms with van der Waals surface area (Å²) in [5.41, 5.74) is 0.335. The molecule has 1 heterocycles. The zero-order valence-electron chi connectivity index (χ0n) is 10.3. The van der Waals surface area contributed by atoms with Crippen molar-refractivity contribution in [3.8, 4) is 6.07 Å². The van der Waals surface area contributed by atoms with Crippen molar-refractivity contribution >= 4 is 17.6 Å². The van der Waals surface area contributed by atoms with Crippen LogP contribution in [0.2, 0.25) is 0 Å². The lowest BCUT2D eigenvalue weighted by Gasteiger charge is -2.23. The second-order valence-electron chi connectivity index (χ2n) is 3.66. The van der Waals surface area contributed by atoms with Gasteiger partial charge < -0.3 is 14.5 Å². The maximum atomic E-state index is 10.8. The highest BCUT2D eigenvalue weighted by Crippen LogP contribution is 2.29. The number of esters is 1. The Labute approximate surface area is 111 Å². The third kappa shape index (κ3) is 3.05. The number of rotatable bonds is 4. The van der Waals surface area contributed by atoms with Crippen LogP contribution in [0.4, 0.5) is 0 Å². The van der Waals surface area contributed by atoms with E-state index in [1.54, 1.807) is 29.1 Å². The first-order chi connectivity index (χ1) is 8.51. The van der Waals surface area contributed by atoms with E-state index in [4.69, 9.17) is 21.6 Å². The summed E-state index contributed by atoms with van der Waals surface area (Å²) in [6.45, 7) is 5.34. The lowest BCUT2D eigenvalue weighted by atomic mass is 10.3. The fourth-order valence-electron chi connectivity index (χ4n) is 1.58. The van der Waals surface area contributed by atoms with Crippen LogP contribution in [0.3, 0.4) is 0 Å². The molecule has 0 bridgehead atoms. The van der Waals surface area contributed by atoms with Crippen LogP contribution in [0.15, 0.2) is 35.4 Å². The first kappa shape index (κ1) is 14.1. The molecule has 6 heteroatoms. The van der Waals surface area contributed by atoms with Crippen molar-refractivity contribution in [2.24, 2.45) is 0 Å². The molecule has 0 aromatic rings. The van der Waals surface area contributed by atoms with Gasteiger partial charge in [0.05, 0.1) is 0 Å². The van der Waals surface area contributed by atoms with Crippen molar-refractivity contribution in [2.45, 2.75) is 6.92 Å². The first-order valence-corrected chi connectivity index (χ1v) is 5.64. The van der Waals surface area contributed by atoms with E-state index in [2.05, 4.69) is 6.58 Å². The highest BCUT2D eigenvalue weighted by atomic mass is 35.5. The number of carbonyl (C=O) groups excluding carboxylic acids is 1.